The summed E-state index contributed by atoms with van der Waals surface area (Å²) in [4.78, 5) is 32.5. The Kier molecular flexibility index (Phi) is 8.43. The molecule has 36 heavy (non-hydrogen) atoms. The number of alkyl halides is 3. The summed E-state index contributed by atoms with van der Waals surface area (Å²) < 4.78 is 39.5. The number of nitrogens with zero attached hydrogens (tertiary/aromatic N) is 3. The van der Waals surface area contributed by atoms with Crippen molar-refractivity contribution in [3.8, 4) is 0 Å². The number of carbonyl (C=O) groups excluding carboxylic acids is 2. The number of hydrogen-bond acceptors (Lipinski definition) is 6. The molecular formula is C25H35F3N6O2. The topological polar surface area (TPSA) is 113 Å². The highest BCUT2D eigenvalue weighted by atomic mass is 19.4. The summed E-state index contributed by atoms with van der Waals surface area (Å²) in [5, 5.41) is 7.01. The van der Waals surface area contributed by atoms with Crippen LogP contribution in [0.25, 0.3) is 10.9 Å². The number of fused-ring (bicyclic) bond motifs is 1. The highest BCUT2D eigenvalue weighted by molar-refractivity contribution is 5.93. The molecule has 0 spiro atoms. The van der Waals surface area contributed by atoms with Crippen LogP contribution in [0.5, 0.6) is 0 Å². The fourth-order valence-corrected chi connectivity index (χ4v) is 4.86. The van der Waals surface area contributed by atoms with Gasteiger partial charge in [-0.15, -0.1) is 0 Å². The molecule has 1 aromatic heterocycles. The van der Waals surface area contributed by atoms with E-state index in [2.05, 4.69) is 47.1 Å². The van der Waals surface area contributed by atoms with Crippen LogP contribution in [-0.2, 0) is 15.8 Å². The molecule has 2 aliphatic rings. The third-order valence-electron chi connectivity index (χ3n) is 6.29. The SMILES string of the molecule is CC(C)(C)NC1CCC(N2CC[C@H](Nc3ncnc4ccc(C(F)(F)F)cc34)C2=O)CC1.CC(N)=O. The highest BCUT2D eigenvalue weighted by Crippen LogP contribution is 2.33. The quantitative estimate of drug-likeness (QED) is 0.578. The zero-order valence-corrected chi connectivity index (χ0v) is 21.2. The van der Waals surface area contributed by atoms with Gasteiger partial charge in [0.15, 0.2) is 0 Å². The lowest BCUT2D eigenvalue weighted by Gasteiger charge is -2.37. The van der Waals surface area contributed by atoms with Gasteiger partial charge in [-0.2, -0.15) is 13.2 Å². The van der Waals surface area contributed by atoms with Crippen molar-refractivity contribution in [3.05, 3.63) is 30.1 Å². The van der Waals surface area contributed by atoms with Gasteiger partial charge in [-0.3, -0.25) is 9.59 Å². The average molecular weight is 509 g/mol. The first-order chi connectivity index (χ1) is 16.7. The predicted molar refractivity (Wildman–Crippen MR) is 132 cm³/mol. The number of carbonyl (C=O) groups is 2. The Morgan fingerprint density at radius 2 is 1.72 bits per heavy atom. The van der Waals surface area contributed by atoms with Crippen LogP contribution in [0.3, 0.4) is 0 Å². The van der Waals surface area contributed by atoms with Crippen molar-refractivity contribution in [1.82, 2.24) is 20.2 Å². The molecule has 2 heterocycles. The summed E-state index contributed by atoms with van der Waals surface area (Å²) in [6, 6.07) is 3.57. The van der Waals surface area contributed by atoms with Crippen LogP contribution >= 0.6 is 0 Å². The molecule has 2 aromatic rings. The van der Waals surface area contributed by atoms with Gasteiger partial charge in [-0.05, 0) is 71.1 Å². The highest BCUT2D eigenvalue weighted by Gasteiger charge is 2.38. The van der Waals surface area contributed by atoms with E-state index in [1.807, 2.05) is 4.90 Å². The molecular weight excluding hydrogens is 473 g/mol. The summed E-state index contributed by atoms with van der Waals surface area (Å²) in [5.41, 5.74) is 4.19. The number of halogens is 3. The minimum Gasteiger partial charge on any atom is -0.370 e. The Labute approximate surface area is 209 Å². The van der Waals surface area contributed by atoms with Gasteiger partial charge in [0.25, 0.3) is 0 Å². The number of hydrogen-bond donors (Lipinski definition) is 3. The van der Waals surface area contributed by atoms with Gasteiger partial charge >= 0.3 is 6.18 Å². The first-order valence-electron chi connectivity index (χ1n) is 12.2. The second-order valence-electron chi connectivity index (χ2n) is 10.5. The first kappa shape index (κ1) is 27.6. The van der Waals surface area contributed by atoms with Crippen molar-refractivity contribution in [2.75, 3.05) is 11.9 Å². The summed E-state index contributed by atoms with van der Waals surface area (Å²) in [6.45, 7) is 8.44. The molecule has 8 nitrogen and oxygen atoms in total. The molecule has 4 rings (SSSR count). The molecule has 0 bridgehead atoms. The largest absolute Gasteiger partial charge is 0.416 e. The van der Waals surface area contributed by atoms with Crippen LogP contribution in [0, 0.1) is 0 Å². The molecule has 198 valence electrons. The lowest BCUT2D eigenvalue weighted by Crippen LogP contribution is -2.49. The van der Waals surface area contributed by atoms with Crippen LogP contribution in [0.2, 0.25) is 0 Å². The van der Waals surface area contributed by atoms with Crippen molar-refractivity contribution in [1.29, 1.82) is 0 Å². The van der Waals surface area contributed by atoms with Crippen LogP contribution in [-0.4, -0.2) is 56.9 Å². The fourth-order valence-electron chi connectivity index (χ4n) is 4.86. The molecule has 11 heteroatoms. The maximum absolute atomic E-state index is 13.2. The van der Waals surface area contributed by atoms with Gasteiger partial charge in [0.05, 0.1) is 11.1 Å². The molecule has 1 aliphatic heterocycles. The van der Waals surface area contributed by atoms with Crippen molar-refractivity contribution in [2.24, 2.45) is 5.73 Å². The zero-order valence-electron chi connectivity index (χ0n) is 21.2. The standard InChI is InChI=1S/C23H30F3N5O.C2H5NO/c1-22(2,3)30-15-5-7-16(8-6-15)31-11-10-19(21(31)32)29-20-17-12-14(23(24,25)26)4-9-18(17)27-13-28-20;1-2(3)4/h4,9,12-13,15-16,19,30H,5-8,10-11H2,1-3H3,(H,27,28,29);1H3,(H2,3,4)/t15?,16?,19-;/m0./s1. The molecule has 2 fully saturated rings. The molecule has 1 aromatic carbocycles. The van der Waals surface area contributed by atoms with Crippen molar-refractivity contribution in [2.45, 2.75) is 89.6 Å². The lowest BCUT2D eigenvalue weighted by molar-refractivity contribution is -0.137. The van der Waals surface area contributed by atoms with Crippen LogP contribution < -0.4 is 16.4 Å². The number of primary amides is 1. The fraction of sp³-hybridized carbons (Fsp3) is 0.600. The van der Waals surface area contributed by atoms with E-state index in [-0.39, 0.29) is 34.6 Å². The maximum Gasteiger partial charge on any atom is 0.416 e. The minimum atomic E-state index is -4.46. The van der Waals surface area contributed by atoms with E-state index in [4.69, 9.17) is 0 Å². The minimum absolute atomic E-state index is 0.00373. The number of nitrogens with two attached hydrogens (primary N) is 1. The van der Waals surface area contributed by atoms with Crippen molar-refractivity contribution in [3.63, 3.8) is 0 Å². The Hall–Kier alpha value is -2.95. The van der Waals surface area contributed by atoms with Gasteiger partial charge in [0.2, 0.25) is 11.8 Å². The predicted octanol–water partition coefficient (Wildman–Crippen LogP) is 3.85. The zero-order chi connectivity index (χ0) is 26.7. The Morgan fingerprint density at radius 3 is 2.31 bits per heavy atom. The summed E-state index contributed by atoms with van der Waals surface area (Å²) in [6.07, 6.45) is 1.42. The average Bonchev–Trinajstić information content (AvgIpc) is 3.12. The number of nitrogens with one attached hydrogen (secondary N) is 2. The number of anilines is 1. The number of likely N-dealkylation sites (tertiary alicyclic amines) is 1. The maximum atomic E-state index is 13.2. The Balaban J connectivity index is 0.000000840. The number of benzene rings is 1. The summed E-state index contributed by atoms with van der Waals surface area (Å²) in [7, 11) is 0. The smallest absolute Gasteiger partial charge is 0.370 e. The first-order valence-corrected chi connectivity index (χ1v) is 12.2. The normalized spacial score (nSPS) is 22.8. The third-order valence-corrected chi connectivity index (χ3v) is 6.29. The lowest BCUT2D eigenvalue weighted by atomic mass is 9.89. The van der Waals surface area contributed by atoms with Crippen molar-refractivity contribution < 1.29 is 22.8 Å². The van der Waals surface area contributed by atoms with E-state index >= 15 is 0 Å². The summed E-state index contributed by atoms with van der Waals surface area (Å²) >= 11 is 0. The molecule has 0 radical (unpaired) electrons. The third kappa shape index (κ3) is 7.28. The number of aromatic nitrogens is 2. The second kappa shape index (κ2) is 11.0. The van der Waals surface area contributed by atoms with E-state index in [0.717, 1.165) is 37.8 Å². The molecule has 1 atom stereocenters. The van der Waals surface area contributed by atoms with E-state index in [0.29, 0.717) is 24.5 Å². The molecule has 0 unspecified atom stereocenters. The van der Waals surface area contributed by atoms with Crippen LogP contribution in [0.4, 0.5) is 19.0 Å². The van der Waals surface area contributed by atoms with Crippen LogP contribution in [0.1, 0.15) is 65.4 Å². The van der Waals surface area contributed by atoms with Gasteiger partial charge < -0.3 is 21.3 Å². The second-order valence-corrected chi connectivity index (χ2v) is 10.5. The molecule has 2 amide bonds. The van der Waals surface area contributed by atoms with Gasteiger partial charge in [0, 0.05) is 36.5 Å². The number of amides is 2. The molecule has 1 aliphatic carbocycles. The molecule has 1 saturated carbocycles. The van der Waals surface area contributed by atoms with E-state index in [9.17, 15) is 22.8 Å². The van der Waals surface area contributed by atoms with Gasteiger partial charge in [-0.1, -0.05) is 0 Å². The Bertz CT molecular complexity index is 1070. The van der Waals surface area contributed by atoms with Crippen LogP contribution in [0.15, 0.2) is 24.5 Å². The molecule has 1 saturated heterocycles. The number of rotatable bonds is 4. The van der Waals surface area contributed by atoms with Gasteiger partial charge in [0.1, 0.15) is 18.2 Å². The van der Waals surface area contributed by atoms with Gasteiger partial charge in [-0.25, -0.2) is 9.97 Å². The van der Waals surface area contributed by atoms with E-state index in [1.165, 1.54) is 19.3 Å². The Morgan fingerprint density at radius 1 is 1.08 bits per heavy atom. The van der Waals surface area contributed by atoms with E-state index < -0.39 is 17.8 Å². The van der Waals surface area contributed by atoms with Crippen molar-refractivity contribution >= 4 is 28.5 Å². The molecule has 4 N–H and O–H groups in total. The summed E-state index contributed by atoms with van der Waals surface area (Å²) in [5.74, 6) is -0.0737. The van der Waals surface area contributed by atoms with E-state index in [1.54, 1.807) is 0 Å². The monoisotopic (exact) mass is 508 g/mol.